The highest BCUT2D eigenvalue weighted by Gasteiger charge is 2.54. The van der Waals surface area contributed by atoms with Crippen molar-refractivity contribution in [3.8, 4) is 0 Å². The summed E-state index contributed by atoms with van der Waals surface area (Å²) < 4.78 is 34.5. The average Bonchev–Trinajstić information content (AvgIpc) is 0.784. The topological polar surface area (TPSA) is 307 Å². The second kappa shape index (κ2) is 60.8. The molecule has 12 N–H and O–H groups in total. The molecule has 0 bridgehead atoms. The van der Waals surface area contributed by atoms with E-state index >= 15 is 0 Å². The minimum Gasteiger partial charge on any atom is -0.394 e. The Balaban J connectivity index is 1.30. The summed E-state index contributed by atoms with van der Waals surface area (Å²) in [5, 5.41) is 121. The molecule has 580 valence electrons. The van der Waals surface area contributed by atoms with Gasteiger partial charge in [-0.05, 0) is 38.5 Å². The number of hydrogen-bond donors (Lipinski definition) is 12. The molecule has 0 spiro atoms. The highest BCUT2D eigenvalue weighted by molar-refractivity contribution is 5.76. The van der Waals surface area contributed by atoms with Crippen LogP contribution in [0.1, 0.15) is 354 Å². The molecular formula is C79H151NO18. The fourth-order valence-electron chi connectivity index (χ4n) is 14.3. The molecule has 19 heteroatoms. The van der Waals surface area contributed by atoms with Crippen molar-refractivity contribution in [2.24, 2.45) is 0 Å². The summed E-state index contributed by atoms with van der Waals surface area (Å²) in [7, 11) is 0. The molecule has 0 aliphatic carbocycles. The number of rotatable bonds is 66. The molecule has 1 amide bonds. The number of ether oxygens (including phenoxy) is 6. The van der Waals surface area contributed by atoms with E-state index in [1.807, 2.05) is 0 Å². The van der Waals surface area contributed by atoms with Crippen molar-refractivity contribution in [3.05, 3.63) is 12.2 Å². The van der Waals surface area contributed by atoms with Crippen LogP contribution >= 0.6 is 0 Å². The second-order valence-corrected chi connectivity index (χ2v) is 29.6. The zero-order chi connectivity index (χ0) is 71.1. The summed E-state index contributed by atoms with van der Waals surface area (Å²) in [5.41, 5.74) is 0. The van der Waals surface area contributed by atoms with Gasteiger partial charge in [-0.15, -0.1) is 0 Å². The number of allylic oxidation sites excluding steroid dienone is 2. The minimum atomic E-state index is -1.97. The average molecular weight is 1400 g/mol. The Kier molecular flexibility index (Phi) is 56.3. The van der Waals surface area contributed by atoms with Crippen molar-refractivity contribution in [1.82, 2.24) is 5.32 Å². The van der Waals surface area contributed by atoms with Crippen LogP contribution in [0.5, 0.6) is 0 Å². The Hall–Kier alpha value is -1.47. The number of aliphatic hydroxyl groups is 11. The SMILES string of the molecule is CCCCCCCCCC/C=C\CCCCCCCCCCCCCCCCCCCCCCCCCCCC(=O)NC(COC1OC(CO)C(OC2OC(CO)C(OC3OC(CO)C(O)C(O)C3O)C(O)C2O)C(O)C1O)C(O)CCCCCCCCCCCCCCCCCC. The van der Waals surface area contributed by atoms with E-state index in [-0.39, 0.29) is 18.9 Å². The largest absolute Gasteiger partial charge is 0.394 e. The number of aliphatic hydroxyl groups excluding tert-OH is 11. The molecule has 0 saturated carbocycles. The third-order valence-corrected chi connectivity index (χ3v) is 20.8. The Morgan fingerprint density at radius 3 is 0.990 bits per heavy atom. The summed E-state index contributed by atoms with van der Waals surface area (Å²) in [6.45, 7) is 1.85. The first-order valence-corrected chi connectivity index (χ1v) is 40.9. The van der Waals surface area contributed by atoms with Crippen LogP contribution in [-0.2, 0) is 33.2 Å². The number of hydrogen-bond acceptors (Lipinski definition) is 18. The van der Waals surface area contributed by atoms with Gasteiger partial charge >= 0.3 is 0 Å². The standard InChI is InChI=1S/C79H151NO18/c1-3-5-7-9-11-13-15-17-19-21-22-23-24-25-26-27-28-29-30-31-32-33-34-35-36-37-38-39-40-41-43-45-47-49-51-53-55-57-67(85)80-62(63(84)56-54-52-50-48-46-44-42-20-18-16-14-12-10-8-6-4-2)61-93-77-73(91)70(88)75(65(59-82)95-77)98-79-74(92)71(89)76(66(60-83)96-79)97-78-72(90)69(87)68(86)64(58-81)94-78/h21-22,62-66,68-79,81-84,86-92H,3-20,23-61H2,1-2H3,(H,80,85)/b22-21-. The third-order valence-electron chi connectivity index (χ3n) is 20.8. The van der Waals surface area contributed by atoms with Crippen LogP contribution in [0.4, 0.5) is 0 Å². The zero-order valence-corrected chi connectivity index (χ0v) is 62.1. The molecule has 3 heterocycles. The second-order valence-electron chi connectivity index (χ2n) is 29.6. The first kappa shape index (κ1) is 90.7. The van der Waals surface area contributed by atoms with Gasteiger partial charge in [0.15, 0.2) is 18.9 Å². The lowest BCUT2D eigenvalue weighted by Crippen LogP contribution is -2.66. The van der Waals surface area contributed by atoms with Gasteiger partial charge in [-0.3, -0.25) is 4.79 Å². The summed E-state index contributed by atoms with van der Waals surface area (Å²) in [4.78, 5) is 13.5. The molecule has 0 aromatic carbocycles. The molecule has 3 aliphatic rings. The van der Waals surface area contributed by atoms with Crippen molar-refractivity contribution in [2.75, 3.05) is 26.4 Å². The monoisotopic (exact) mass is 1400 g/mol. The molecule has 0 radical (unpaired) electrons. The number of amides is 1. The molecule has 0 aromatic heterocycles. The highest BCUT2D eigenvalue weighted by Crippen LogP contribution is 2.33. The van der Waals surface area contributed by atoms with Crippen molar-refractivity contribution in [2.45, 2.75) is 458 Å². The maximum Gasteiger partial charge on any atom is 0.220 e. The van der Waals surface area contributed by atoms with E-state index in [0.29, 0.717) is 12.8 Å². The first-order valence-electron chi connectivity index (χ1n) is 40.9. The molecule has 3 fully saturated rings. The van der Waals surface area contributed by atoms with E-state index < -0.39 is 124 Å². The van der Waals surface area contributed by atoms with E-state index in [9.17, 15) is 61.0 Å². The first-order chi connectivity index (χ1) is 47.8. The Morgan fingerprint density at radius 2 is 0.643 bits per heavy atom. The quantitative estimate of drug-likeness (QED) is 0.0199. The van der Waals surface area contributed by atoms with Crippen molar-refractivity contribution >= 4 is 5.91 Å². The van der Waals surface area contributed by atoms with Gasteiger partial charge in [-0.2, -0.15) is 0 Å². The molecular weight excluding hydrogens is 1250 g/mol. The predicted molar refractivity (Wildman–Crippen MR) is 388 cm³/mol. The molecule has 17 unspecified atom stereocenters. The maximum atomic E-state index is 13.5. The Morgan fingerprint density at radius 1 is 0.357 bits per heavy atom. The predicted octanol–water partition coefficient (Wildman–Crippen LogP) is 13.6. The molecule has 98 heavy (non-hydrogen) atoms. The van der Waals surface area contributed by atoms with E-state index in [1.54, 1.807) is 0 Å². The van der Waals surface area contributed by atoms with Gasteiger partial charge in [0.25, 0.3) is 0 Å². The number of carbonyl (C=O) groups is 1. The van der Waals surface area contributed by atoms with Crippen molar-refractivity contribution < 1.29 is 89.4 Å². The minimum absolute atomic E-state index is 0.234. The Labute approximate surface area is 595 Å². The van der Waals surface area contributed by atoms with Crippen LogP contribution in [-0.4, -0.2) is 193 Å². The number of unbranched alkanes of at least 4 members (excludes halogenated alkanes) is 48. The highest BCUT2D eigenvalue weighted by atomic mass is 16.8. The lowest BCUT2D eigenvalue weighted by Gasteiger charge is -2.48. The molecule has 17 atom stereocenters. The molecule has 3 saturated heterocycles. The molecule has 0 aromatic rings. The summed E-state index contributed by atoms with van der Waals surface area (Å²) in [6, 6.07) is -0.883. The van der Waals surface area contributed by atoms with Crippen molar-refractivity contribution in [1.29, 1.82) is 0 Å². The van der Waals surface area contributed by atoms with E-state index in [2.05, 4.69) is 31.3 Å². The van der Waals surface area contributed by atoms with Gasteiger partial charge in [0, 0.05) is 6.42 Å². The van der Waals surface area contributed by atoms with Crippen LogP contribution in [0.2, 0.25) is 0 Å². The van der Waals surface area contributed by atoms with Crippen LogP contribution in [0, 0.1) is 0 Å². The molecule has 3 aliphatic heterocycles. The summed E-state index contributed by atoms with van der Waals surface area (Å²) >= 11 is 0. The van der Waals surface area contributed by atoms with E-state index in [1.165, 1.54) is 276 Å². The van der Waals surface area contributed by atoms with E-state index in [0.717, 1.165) is 44.9 Å². The van der Waals surface area contributed by atoms with Crippen LogP contribution < -0.4 is 5.32 Å². The smallest absolute Gasteiger partial charge is 0.220 e. The maximum absolute atomic E-state index is 13.5. The van der Waals surface area contributed by atoms with Gasteiger partial charge in [0.2, 0.25) is 5.91 Å². The Bertz CT molecular complexity index is 1820. The van der Waals surface area contributed by atoms with Crippen LogP contribution in [0.25, 0.3) is 0 Å². The van der Waals surface area contributed by atoms with Gasteiger partial charge in [-0.25, -0.2) is 0 Å². The molecule has 3 rings (SSSR count). The van der Waals surface area contributed by atoms with Gasteiger partial charge in [0.05, 0.1) is 38.6 Å². The summed E-state index contributed by atoms with van der Waals surface area (Å²) in [5.74, 6) is -0.234. The van der Waals surface area contributed by atoms with Gasteiger partial charge in [0.1, 0.15) is 73.2 Å². The lowest BCUT2D eigenvalue weighted by molar-refractivity contribution is -0.379. The summed E-state index contributed by atoms with van der Waals surface area (Å²) in [6.07, 6.45) is 44.7. The van der Waals surface area contributed by atoms with Crippen LogP contribution in [0.15, 0.2) is 12.2 Å². The van der Waals surface area contributed by atoms with Gasteiger partial charge < -0.3 is 89.9 Å². The number of nitrogens with one attached hydrogen (secondary N) is 1. The van der Waals surface area contributed by atoms with Crippen LogP contribution in [0.3, 0.4) is 0 Å². The third kappa shape index (κ3) is 40.7. The zero-order valence-electron chi connectivity index (χ0n) is 62.1. The normalized spacial score (nSPS) is 26.7. The van der Waals surface area contributed by atoms with E-state index in [4.69, 9.17) is 28.4 Å². The fourth-order valence-corrected chi connectivity index (χ4v) is 14.3. The fraction of sp³-hybridized carbons (Fsp3) is 0.962. The molecule has 19 nitrogen and oxygen atoms in total. The van der Waals surface area contributed by atoms with Gasteiger partial charge in [-0.1, -0.05) is 321 Å². The lowest BCUT2D eigenvalue weighted by atomic mass is 9.96. The van der Waals surface area contributed by atoms with Crippen molar-refractivity contribution in [3.63, 3.8) is 0 Å². The number of carbonyl (C=O) groups excluding carboxylic acids is 1.